The Bertz CT molecular complexity index is 864. The summed E-state index contributed by atoms with van der Waals surface area (Å²) in [5.41, 5.74) is 0.146. The van der Waals surface area contributed by atoms with Gasteiger partial charge in [-0.25, -0.2) is 0 Å². The third-order valence-corrected chi connectivity index (χ3v) is 7.12. The lowest BCUT2D eigenvalue weighted by Crippen LogP contribution is -2.44. The molecule has 0 unspecified atom stereocenters. The van der Waals surface area contributed by atoms with E-state index in [1.165, 1.54) is 102 Å². The summed E-state index contributed by atoms with van der Waals surface area (Å²) in [4.78, 5) is 50.2. The van der Waals surface area contributed by atoms with Crippen molar-refractivity contribution in [1.29, 1.82) is 0 Å². The minimum Gasteiger partial charge on any atom is -0.494 e. The van der Waals surface area contributed by atoms with E-state index in [2.05, 4.69) is 6.92 Å². The molecule has 0 saturated carbocycles. The van der Waals surface area contributed by atoms with Crippen LogP contribution in [-0.2, 0) is 23.9 Å². The van der Waals surface area contributed by atoms with Crippen molar-refractivity contribution in [3.8, 4) is 5.75 Å². The predicted molar refractivity (Wildman–Crippen MR) is 166 cm³/mol. The summed E-state index contributed by atoms with van der Waals surface area (Å²) in [6.45, 7) is 5.33. The third-order valence-electron chi connectivity index (χ3n) is 7.12. The van der Waals surface area contributed by atoms with E-state index in [4.69, 9.17) is 14.2 Å². The monoisotopic (exact) mass is 589 g/mol. The highest BCUT2D eigenvalue weighted by Gasteiger charge is 2.28. The molecular formula is C34H55NO7. The lowest BCUT2D eigenvalue weighted by Gasteiger charge is -2.20. The molecule has 1 amide bonds. The van der Waals surface area contributed by atoms with Crippen LogP contribution in [0.5, 0.6) is 5.75 Å². The van der Waals surface area contributed by atoms with Crippen molar-refractivity contribution < 1.29 is 33.4 Å². The molecule has 0 radical (unpaired) electrons. The second-order valence-electron chi connectivity index (χ2n) is 10.8. The largest absolute Gasteiger partial charge is 0.494 e. The maximum absolute atomic E-state index is 12.8. The van der Waals surface area contributed by atoms with Gasteiger partial charge in [0, 0.05) is 5.56 Å². The molecule has 0 atom stereocenters. The van der Waals surface area contributed by atoms with Gasteiger partial charge in [-0.3, -0.25) is 19.2 Å². The quantitative estimate of drug-likeness (QED) is 0.0478. The molecule has 42 heavy (non-hydrogen) atoms. The van der Waals surface area contributed by atoms with Crippen LogP contribution in [0.25, 0.3) is 0 Å². The van der Waals surface area contributed by atoms with E-state index in [1.807, 2.05) is 0 Å². The fourth-order valence-electron chi connectivity index (χ4n) is 4.73. The fourth-order valence-corrected chi connectivity index (χ4v) is 4.73. The van der Waals surface area contributed by atoms with Crippen molar-refractivity contribution in [2.75, 3.05) is 32.9 Å². The number of esters is 2. The van der Waals surface area contributed by atoms with Gasteiger partial charge in [-0.15, -0.1) is 0 Å². The van der Waals surface area contributed by atoms with Gasteiger partial charge in [0.15, 0.2) is 0 Å². The minimum absolute atomic E-state index is 0.120. The van der Waals surface area contributed by atoms with Crippen molar-refractivity contribution >= 4 is 23.6 Å². The molecule has 1 aromatic carbocycles. The van der Waals surface area contributed by atoms with Crippen LogP contribution in [0.4, 0.5) is 0 Å². The van der Waals surface area contributed by atoms with Crippen molar-refractivity contribution in [2.45, 2.75) is 124 Å². The first-order chi connectivity index (χ1) is 20.4. The Balaban J connectivity index is 2.24. The molecule has 8 heteroatoms. The number of amides is 1. The number of rotatable bonds is 26. The predicted octanol–water partition coefficient (Wildman–Crippen LogP) is 7.46. The average molecular weight is 590 g/mol. The molecule has 0 heterocycles. The molecule has 0 spiro atoms. The number of ketones is 1. The normalized spacial score (nSPS) is 10.7. The summed E-state index contributed by atoms with van der Waals surface area (Å²) in [6.07, 6.45) is 21.1. The number of ether oxygens (including phenoxy) is 3. The maximum Gasteiger partial charge on any atom is 0.325 e. The van der Waals surface area contributed by atoms with Gasteiger partial charge in [0.05, 0.1) is 19.8 Å². The van der Waals surface area contributed by atoms with Gasteiger partial charge in [0.25, 0.3) is 5.91 Å². The van der Waals surface area contributed by atoms with Crippen molar-refractivity contribution in [2.24, 2.45) is 0 Å². The highest BCUT2D eigenvalue weighted by molar-refractivity contribution is 6.43. The molecule has 0 bridgehead atoms. The summed E-state index contributed by atoms with van der Waals surface area (Å²) in [5, 5.41) is 0. The van der Waals surface area contributed by atoms with Crippen molar-refractivity contribution in [1.82, 2.24) is 4.90 Å². The first-order valence-corrected chi connectivity index (χ1v) is 16.3. The number of hydrogen-bond donors (Lipinski definition) is 0. The Labute approximate surface area is 253 Å². The van der Waals surface area contributed by atoms with Crippen LogP contribution in [0, 0.1) is 0 Å². The van der Waals surface area contributed by atoms with E-state index in [1.54, 1.807) is 26.0 Å². The SMILES string of the molecule is CCCCCCCCCCCCCCCCCCOc1ccc(C(=O)C(=O)N(CC(=O)OCC)CC(=O)OCC)cc1. The molecule has 0 aliphatic heterocycles. The summed E-state index contributed by atoms with van der Waals surface area (Å²) in [7, 11) is 0. The lowest BCUT2D eigenvalue weighted by molar-refractivity contribution is -0.152. The first-order valence-electron chi connectivity index (χ1n) is 16.3. The minimum atomic E-state index is -0.974. The van der Waals surface area contributed by atoms with E-state index in [0.717, 1.165) is 17.7 Å². The van der Waals surface area contributed by atoms with Gasteiger partial charge >= 0.3 is 11.9 Å². The molecule has 0 aliphatic rings. The average Bonchev–Trinajstić information content (AvgIpc) is 2.98. The maximum atomic E-state index is 12.8. The second kappa shape index (κ2) is 24.7. The van der Waals surface area contributed by atoms with Gasteiger partial charge in [0.2, 0.25) is 5.78 Å². The Morgan fingerprint density at radius 3 is 1.38 bits per heavy atom. The Morgan fingerprint density at radius 1 is 0.571 bits per heavy atom. The van der Waals surface area contributed by atoms with Crippen LogP contribution in [0.15, 0.2) is 24.3 Å². The standard InChI is InChI=1S/C34H55NO7/c1-4-7-8-9-10-11-12-13-14-15-16-17-18-19-20-21-26-42-30-24-22-29(23-25-30)33(38)34(39)35(27-31(36)40-5-2)28-32(37)41-6-3/h22-25H,4-21,26-28H2,1-3H3. The van der Waals surface area contributed by atoms with Crippen molar-refractivity contribution in [3.63, 3.8) is 0 Å². The van der Waals surface area contributed by atoms with Gasteiger partial charge in [-0.05, 0) is 44.5 Å². The fraction of sp³-hybridized carbons (Fsp3) is 0.706. The molecule has 1 rings (SSSR count). The molecule has 8 nitrogen and oxygen atoms in total. The molecule has 0 fully saturated rings. The molecular weight excluding hydrogens is 534 g/mol. The molecule has 0 aromatic heterocycles. The number of carbonyl (C=O) groups is 4. The number of carbonyl (C=O) groups excluding carboxylic acids is 4. The Morgan fingerprint density at radius 2 is 0.976 bits per heavy atom. The smallest absolute Gasteiger partial charge is 0.325 e. The van der Waals surface area contributed by atoms with E-state index in [9.17, 15) is 19.2 Å². The number of unbranched alkanes of at least 4 members (excludes halogenated alkanes) is 15. The number of hydrogen-bond acceptors (Lipinski definition) is 7. The molecule has 0 saturated heterocycles. The zero-order chi connectivity index (χ0) is 30.8. The second-order valence-corrected chi connectivity index (χ2v) is 10.8. The van der Waals surface area contributed by atoms with Crippen LogP contribution in [0.1, 0.15) is 134 Å². The zero-order valence-electron chi connectivity index (χ0n) is 26.5. The third kappa shape index (κ3) is 17.8. The summed E-state index contributed by atoms with van der Waals surface area (Å²) >= 11 is 0. The molecule has 238 valence electrons. The summed E-state index contributed by atoms with van der Waals surface area (Å²) in [5.74, 6) is -2.60. The molecule has 1 aromatic rings. The van der Waals surface area contributed by atoms with Gasteiger partial charge in [0.1, 0.15) is 18.8 Å². The topological polar surface area (TPSA) is 99.2 Å². The first kappa shape index (κ1) is 37.1. The van der Waals surface area contributed by atoms with Crippen LogP contribution in [0.3, 0.4) is 0 Å². The van der Waals surface area contributed by atoms with E-state index in [-0.39, 0.29) is 18.8 Å². The van der Waals surface area contributed by atoms with Gasteiger partial charge in [-0.2, -0.15) is 0 Å². The van der Waals surface area contributed by atoms with E-state index >= 15 is 0 Å². The van der Waals surface area contributed by atoms with Crippen LogP contribution in [0.2, 0.25) is 0 Å². The van der Waals surface area contributed by atoms with Crippen LogP contribution < -0.4 is 4.74 Å². The lowest BCUT2D eigenvalue weighted by atomic mass is 10.0. The highest BCUT2D eigenvalue weighted by atomic mass is 16.5. The Hall–Kier alpha value is -2.90. The van der Waals surface area contributed by atoms with Crippen molar-refractivity contribution in [3.05, 3.63) is 29.8 Å². The molecule has 0 N–H and O–H groups in total. The van der Waals surface area contributed by atoms with Crippen LogP contribution in [-0.4, -0.2) is 61.4 Å². The number of Topliss-reactive ketones (excluding diaryl/α,β-unsaturated/α-hetero) is 1. The van der Waals surface area contributed by atoms with Crippen LogP contribution >= 0.6 is 0 Å². The van der Waals surface area contributed by atoms with Gasteiger partial charge < -0.3 is 19.1 Å². The van der Waals surface area contributed by atoms with E-state index in [0.29, 0.717) is 12.4 Å². The number of benzene rings is 1. The molecule has 0 aliphatic carbocycles. The summed E-state index contributed by atoms with van der Waals surface area (Å²) < 4.78 is 15.5. The number of nitrogens with zero attached hydrogens (tertiary/aromatic N) is 1. The van der Waals surface area contributed by atoms with Gasteiger partial charge in [-0.1, -0.05) is 103 Å². The summed E-state index contributed by atoms with van der Waals surface area (Å²) in [6, 6.07) is 6.31. The van der Waals surface area contributed by atoms with E-state index < -0.39 is 36.7 Å². The zero-order valence-corrected chi connectivity index (χ0v) is 26.5. The highest BCUT2D eigenvalue weighted by Crippen LogP contribution is 2.16. The Kier molecular flexibility index (Phi) is 21.8.